The number of aromatic nitrogens is 2. The molecule has 0 amide bonds. The molecule has 2 aromatic rings. The molecule has 1 aromatic carbocycles. The third-order valence-electron chi connectivity index (χ3n) is 2.16. The van der Waals surface area contributed by atoms with E-state index in [-0.39, 0.29) is 5.56 Å². The van der Waals surface area contributed by atoms with Crippen LogP contribution in [0, 0.1) is 3.70 Å². The first kappa shape index (κ1) is 11.5. The topological polar surface area (TPSA) is 17.8 Å². The van der Waals surface area contributed by atoms with Gasteiger partial charge in [0.25, 0.3) is 5.92 Å². The van der Waals surface area contributed by atoms with Crippen molar-refractivity contribution in [2.24, 2.45) is 0 Å². The zero-order chi connectivity index (χ0) is 11.6. The van der Waals surface area contributed by atoms with Crippen LogP contribution in [-0.2, 0) is 12.5 Å². The van der Waals surface area contributed by atoms with E-state index in [1.807, 2.05) is 22.6 Å². The molecule has 0 spiro atoms. The number of halogens is 3. The molecule has 1 aromatic heterocycles. The molecule has 0 aliphatic carbocycles. The quantitative estimate of drug-likeness (QED) is 0.788. The zero-order valence-corrected chi connectivity index (χ0v) is 10.4. The van der Waals surface area contributed by atoms with E-state index in [4.69, 9.17) is 0 Å². The Morgan fingerprint density at radius 3 is 2.44 bits per heavy atom. The van der Waals surface area contributed by atoms with Crippen molar-refractivity contribution in [2.75, 3.05) is 0 Å². The second kappa shape index (κ2) is 4.48. The van der Waals surface area contributed by atoms with Gasteiger partial charge >= 0.3 is 0 Å². The molecule has 5 heteroatoms. The van der Waals surface area contributed by atoms with E-state index in [2.05, 4.69) is 5.10 Å². The van der Waals surface area contributed by atoms with Gasteiger partial charge in [-0.3, -0.25) is 4.68 Å². The first-order valence-electron chi connectivity index (χ1n) is 4.70. The molecule has 84 valence electrons. The highest BCUT2D eigenvalue weighted by Crippen LogP contribution is 2.29. The molecule has 2 rings (SSSR count). The van der Waals surface area contributed by atoms with Gasteiger partial charge in [-0.15, -0.1) is 0 Å². The van der Waals surface area contributed by atoms with E-state index < -0.39 is 12.5 Å². The van der Waals surface area contributed by atoms with Gasteiger partial charge < -0.3 is 0 Å². The molecule has 0 saturated heterocycles. The van der Waals surface area contributed by atoms with Crippen molar-refractivity contribution in [3.8, 4) is 0 Å². The first-order valence-corrected chi connectivity index (χ1v) is 5.78. The molecule has 0 N–H and O–H groups in total. The average molecular weight is 334 g/mol. The minimum atomic E-state index is -2.89. The lowest BCUT2D eigenvalue weighted by molar-refractivity contribution is -0.0254. The molecular formula is C11H9F2IN2. The normalized spacial score (nSPS) is 11.7. The highest BCUT2D eigenvalue weighted by molar-refractivity contribution is 14.1. The van der Waals surface area contributed by atoms with E-state index >= 15 is 0 Å². The van der Waals surface area contributed by atoms with Crippen LogP contribution in [0.5, 0.6) is 0 Å². The van der Waals surface area contributed by atoms with Gasteiger partial charge in [0.1, 0.15) is 10.2 Å². The van der Waals surface area contributed by atoms with Crippen molar-refractivity contribution in [3.63, 3.8) is 0 Å². The number of alkyl halides is 2. The van der Waals surface area contributed by atoms with E-state index in [1.165, 1.54) is 16.8 Å². The third-order valence-corrected chi connectivity index (χ3v) is 2.74. The van der Waals surface area contributed by atoms with Gasteiger partial charge in [-0.25, -0.2) is 0 Å². The van der Waals surface area contributed by atoms with Crippen LogP contribution in [0.2, 0.25) is 0 Å². The van der Waals surface area contributed by atoms with E-state index in [0.717, 1.165) is 0 Å². The highest BCUT2D eigenvalue weighted by atomic mass is 127. The summed E-state index contributed by atoms with van der Waals surface area (Å²) in [6, 6.07) is 9.48. The number of rotatable bonds is 3. The van der Waals surface area contributed by atoms with Crippen LogP contribution in [0.4, 0.5) is 8.78 Å². The molecule has 0 atom stereocenters. The maximum atomic E-state index is 13.8. The molecule has 0 aliphatic heterocycles. The molecule has 0 radical (unpaired) electrons. The van der Waals surface area contributed by atoms with Gasteiger partial charge in [-0.1, -0.05) is 30.3 Å². The van der Waals surface area contributed by atoms with Crippen LogP contribution < -0.4 is 0 Å². The molecule has 0 unspecified atom stereocenters. The largest absolute Gasteiger partial charge is 0.292 e. The van der Waals surface area contributed by atoms with Gasteiger partial charge in [-0.05, 0) is 28.7 Å². The highest BCUT2D eigenvalue weighted by Gasteiger charge is 2.32. The Kier molecular flexibility index (Phi) is 3.22. The van der Waals surface area contributed by atoms with Crippen LogP contribution in [0.25, 0.3) is 0 Å². The van der Waals surface area contributed by atoms with E-state index in [0.29, 0.717) is 3.70 Å². The maximum Gasteiger partial charge on any atom is 0.292 e. The minimum Gasteiger partial charge on any atom is -0.265 e. The Balaban J connectivity index is 2.20. The fourth-order valence-corrected chi connectivity index (χ4v) is 1.84. The van der Waals surface area contributed by atoms with E-state index in [9.17, 15) is 8.78 Å². The standard InChI is InChI=1S/C11H9F2IN2/c12-11(13,9-4-2-1-3-5-9)8-16-7-6-10(14)15-16/h1-7H,8H2. The van der Waals surface area contributed by atoms with Gasteiger partial charge in [0.05, 0.1) is 0 Å². The lowest BCUT2D eigenvalue weighted by Crippen LogP contribution is -2.21. The summed E-state index contributed by atoms with van der Waals surface area (Å²) in [5, 5.41) is 3.94. The number of hydrogen-bond acceptors (Lipinski definition) is 1. The zero-order valence-electron chi connectivity index (χ0n) is 8.28. The average Bonchev–Trinajstić information content (AvgIpc) is 2.64. The summed E-state index contributed by atoms with van der Waals surface area (Å²) in [4.78, 5) is 0. The second-order valence-corrected chi connectivity index (χ2v) is 4.51. The summed E-state index contributed by atoms with van der Waals surface area (Å²) >= 11 is 1.99. The summed E-state index contributed by atoms with van der Waals surface area (Å²) in [6.45, 7) is -0.431. The van der Waals surface area contributed by atoms with Crippen molar-refractivity contribution in [3.05, 3.63) is 51.9 Å². The van der Waals surface area contributed by atoms with Crippen molar-refractivity contribution in [1.29, 1.82) is 0 Å². The van der Waals surface area contributed by atoms with Gasteiger partial charge in [0.2, 0.25) is 0 Å². The van der Waals surface area contributed by atoms with Crippen molar-refractivity contribution >= 4 is 22.6 Å². The lowest BCUT2D eigenvalue weighted by Gasteiger charge is -2.16. The Hall–Kier alpha value is -0.980. The summed E-state index contributed by atoms with van der Waals surface area (Å²) in [7, 11) is 0. The summed E-state index contributed by atoms with van der Waals surface area (Å²) in [6.07, 6.45) is 1.55. The monoisotopic (exact) mass is 334 g/mol. The second-order valence-electron chi connectivity index (χ2n) is 3.41. The number of nitrogens with zero attached hydrogens (tertiary/aromatic N) is 2. The van der Waals surface area contributed by atoms with Crippen molar-refractivity contribution < 1.29 is 8.78 Å². The molecule has 0 fully saturated rings. The summed E-state index contributed by atoms with van der Waals surface area (Å²) in [5.41, 5.74) is 0.0144. The van der Waals surface area contributed by atoms with Crippen molar-refractivity contribution in [1.82, 2.24) is 9.78 Å². The fourth-order valence-electron chi connectivity index (χ4n) is 1.40. The molecule has 0 aliphatic rings. The van der Waals surface area contributed by atoms with Gasteiger partial charge in [-0.2, -0.15) is 13.9 Å². The first-order chi connectivity index (χ1) is 7.58. The van der Waals surface area contributed by atoms with Gasteiger partial charge in [0, 0.05) is 11.8 Å². The molecule has 16 heavy (non-hydrogen) atoms. The smallest absolute Gasteiger partial charge is 0.265 e. The minimum absolute atomic E-state index is 0.0144. The van der Waals surface area contributed by atoms with Crippen LogP contribution in [0.15, 0.2) is 42.6 Å². The summed E-state index contributed by atoms with van der Waals surface area (Å²) in [5.74, 6) is -2.89. The number of hydrogen-bond donors (Lipinski definition) is 0. The number of benzene rings is 1. The maximum absolute atomic E-state index is 13.8. The molecule has 0 bridgehead atoms. The van der Waals surface area contributed by atoms with Crippen LogP contribution in [-0.4, -0.2) is 9.78 Å². The van der Waals surface area contributed by atoms with E-state index in [1.54, 1.807) is 30.5 Å². The van der Waals surface area contributed by atoms with Crippen LogP contribution >= 0.6 is 22.6 Å². The Morgan fingerprint density at radius 2 is 1.88 bits per heavy atom. The lowest BCUT2D eigenvalue weighted by atomic mass is 10.1. The fraction of sp³-hybridized carbons (Fsp3) is 0.182. The van der Waals surface area contributed by atoms with Crippen molar-refractivity contribution in [2.45, 2.75) is 12.5 Å². The molecule has 2 nitrogen and oxygen atoms in total. The van der Waals surface area contributed by atoms with Gasteiger partial charge in [0.15, 0.2) is 0 Å². The third kappa shape index (κ3) is 2.58. The Morgan fingerprint density at radius 1 is 1.19 bits per heavy atom. The van der Waals surface area contributed by atoms with Crippen LogP contribution in [0.3, 0.4) is 0 Å². The predicted octanol–water partition coefficient (Wildman–Crippen LogP) is 3.28. The molecular weight excluding hydrogens is 325 g/mol. The SMILES string of the molecule is FC(F)(Cn1ccc(I)n1)c1ccccc1. The molecule has 1 heterocycles. The molecule has 0 saturated carbocycles. The van der Waals surface area contributed by atoms with Crippen LogP contribution in [0.1, 0.15) is 5.56 Å². The predicted molar refractivity (Wildman–Crippen MR) is 65.3 cm³/mol. The Labute approximate surface area is 105 Å². The Bertz CT molecular complexity index is 468. The summed E-state index contributed by atoms with van der Waals surface area (Å²) < 4.78 is 29.5.